The Kier molecular flexibility index (Phi) is 3.82. The summed E-state index contributed by atoms with van der Waals surface area (Å²) in [6.45, 7) is 1.32. The minimum atomic E-state index is -0.703. The van der Waals surface area contributed by atoms with Crippen LogP contribution in [0.3, 0.4) is 0 Å². The van der Waals surface area contributed by atoms with E-state index < -0.39 is 11.6 Å². The molecule has 0 unspecified atom stereocenters. The third-order valence-corrected chi connectivity index (χ3v) is 1.76. The second-order valence-corrected chi connectivity index (χ2v) is 2.99. The van der Waals surface area contributed by atoms with Gasteiger partial charge in [0.2, 0.25) is 0 Å². The van der Waals surface area contributed by atoms with Crippen molar-refractivity contribution in [2.75, 3.05) is 13.7 Å². The third-order valence-electron chi connectivity index (χ3n) is 1.76. The van der Waals surface area contributed by atoms with Crippen LogP contribution in [0.5, 0.6) is 5.75 Å². The highest BCUT2D eigenvalue weighted by atomic mass is 16.5. The van der Waals surface area contributed by atoms with Crippen molar-refractivity contribution in [3.8, 4) is 5.75 Å². The molecule has 86 valence electrons. The summed E-state index contributed by atoms with van der Waals surface area (Å²) in [5.41, 5.74) is -0.791. The van der Waals surface area contributed by atoms with Crippen LogP contribution in [-0.4, -0.2) is 30.9 Å². The summed E-state index contributed by atoms with van der Waals surface area (Å²) in [4.78, 5) is 25.6. The zero-order chi connectivity index (χ0) is 12.1. The van der Waals surface area contributed by atoms with E-state index in [1.54, 1.807) is 0 Å². The molecule has 0 fully saturated rings. The van der Waals surface area contributed by atoms with Crippen LogP contribution in [0.2, 0.25) is 0 Å². The summed E-state index contributed by atoms with van der Waals surface area (Å²) in [5.74, 6) is -0.470. The molecule has 0 amide bonds. The van der Waals surface area contributed by atoms with Crippen molar-refractivity contribution in [1.82, 2.24) is 0 Å². The minimum absolute atomic E-state index is 0.0884. The van der Waals surface area contributed by atoms with E-state index in [4.69, 9.17) is 4.42 Å². The van der Waals surface area contributed by atoms with Gasteiger partial charge in [-0.15, -0.1) is 0 Å². The summed E-state index contributed by atoms with van der Waals surface area (Å²) < 4.78 is 9.10. The number of aryl methyl sites for hydroxylation is 1. The van der Waals surface area contributed by atoms with Gasteiger partial charge in [-0.3, -0.25) is 9.79 Å². The molecule has 0 radical (unpaired) electrons. The lowest BCUT2D eigenvalue weighted by Gasteiger charge is -1.98. The number of aromatic hydroxyl groups is 1. The van der Waals surface area contributed by atoms with Crippen molar-refractivity contribution in [3.05, 3.63) is 27.8 Å². The highest BCUT2D eigenvalue weighted by Crippen LogP contribution is 2.11. The second-order valence-electron chi connectivity index (χ2n) is 2.99. The lowest BCUT2D eigenvalue weighted by atomic mass is 10.2. The molecule has 0 saturated carbocycles. The van der Waals surface area contributed by atoms with Gasteiger partial charge in [0.15, 0.2) is 0 Å². The lowest BCUT2D eigenvalue weighted by Crippen LogP contribution is -2.09. The van der Waals surface area contributed by atoms with Gasteiger partial charge in [0.05, 0.1) is 7.11 Å². The Morgan fingerprint density at radius 3 is 2.94 bits per heavy atom. The van der Waals surface area contributed by atoms with Crippen molar-refractivity contribution in [2.24, 2.45) is 4.99 Å². The van der Waals surface area contributed by atoms with E-state index in [9.17, 15) is 14.7 Å². The number of carbonyl (C=O) groups is 1. The van der Waals surface area contributed by atoms with Gasteiger partial charge in [-0.25, -0.2) is 4.79 Å². The van der Waals surface area contributed by atoms with Crippen LogP contribution in [-0.2, 0) is 9.53 Å². The van der Waals surface area contributed by atoms with E-state index in [2.05, 4.69) is 9.73 Å². The van der Waals surface area contributed by atoms with Crippen LogP contribution in [0.25, 0.3) is 0 Å². The Morgan fingerprint density at radius 2 is 2.38 bits per heavy atom. The highest BCUT2D eigenvalue weighted by Gasteiger charge is 2.07. The number of aliphatic imine (C=N–C) groups is 1. The zero-order valence-electron chi connectivity index (χ0n) is 8.89. The van der Waals surface area contributed by atoms with Gasteiger partial charge in [0, 0.05) is 12.3 Å². The predicted octanol–water partition coefficient (Wildman–Crippen LogP) is 0.246. The molecule has 0 aliphatic carbocycles. The molecule has 1 heterocycles. The Labute approximate surface area is 91.2 Å². The van der Waals surface area contributed by atoms with E-state index in [1.807, 2.05) is 0 Å². The summed E-state index contributed by atoms with van der Waals surface area (Å²) in [6, 6.07) is 1.29. The molecular weight excluding hydrogens is 214 g/mol. The summed E-state index contributed by atoms with van der Waals surface area (Å²) >= 11 is 0. The monoisotopic (exact) mass is 225 g/mol. The summed E-state index contributed by atoms with van der Waals surface area (Å²) in [6.07, 6.45) is 1.08. The molecule has 0 spiro atoms. The first kappa shape index (κ1) is 12.0. The van der Waals surface area contributed by atoms with Crippen molar-refractivity contribution in [2.45, 2.75) is 6.92 Å². The number of rotatable bonds is 3. The first-order chi connectivity index (χ1) is 7.54. The number of esters is 1. The maximum Gasteiger partial charge on any atom is 0.348 e. The highest BCUT2D eigenvalue weighted by molar-refractivity contribution is 5.84. The molecule has 1 N–H and O–H groups in total. The zero-order valence-corrected chi connectivity index (χ0v) is 8.89. The van der Waals surface area contributed by atoms with Gasteiger partial charge in [-0.05, 0) is 6.92 Å². The fourth-order valence-corrected chi connectivity index (χ4v) is 1.00. The van der Waals surface area contributed by atoms with Crippen molar-refractivity contribution in [1.29, 1.82) is 0 Å². The molecule has 16 heavy (non-hydrogen) atoms. The molecule has 6 nitrogen and oxygen atoms in total. The van der Waals surface area contributed by atoms with Gasteiger partial charge in [0.25, 0.3) is 0 Å². The average Bonchev–Trinajstić information content (AvgIpc) is 2.21. The summed E-state index contributed by atoms with van der Waals surface area (Å²) in [7, 11) is 1.23. The minimum Gasteiger partial charge on any atom is -0.507 e. The Hall–Kier alpha value is -2.11. The molecular formula is C10H11NO5. The maximum atomic E-state index is 11.3. The maximum absolute atomic E-state index is 11.3. The molecule has 0 aliphatic rings. The van der Waals surface area contributed by atoms with Crippen LogP contribution in [0, 0.1) is 6.92 Å². The standard InChI is InChI=1S/C10H11NO5/c1-6-3-8(12)7(10(14)16-6)4-11-5-9(13)15-2/h3-4,12H,5H2,1-2H3. The number of carbonyl (C=O) groups excluding carboxylic acids is 1. The van der Waals surface area contributed by atoms with Gasteiger partial charge >= 0.3 is 11.6 Å². The van der Waals surface area contributed by atoms with Crippen molar-refractivity contribution < 1.29 is 19.1 Å². The van der Waals surface area contributed by atoms with Crippen LogP contribution >= 0.6 is 0 Å². The van der Waals surface area contributed by atoms with E-state index in [0.29, 0.717) is 5.76 Å². The van der Waals surface area contributed by atoms with Gasteiger partial charge in [-0.2, -0.15) is 0 Å². The molecule has 0 atom stereocenters. The van der Waals surface area contributed by atoms with E-state index >= 15 is 0 Å². The van der Waals surface area contributed by atoms with Gasteiger partial charge < -0.3 is 14.3 Å². The number of nitrogens with zero attached hydrogens (tertiary/aromatic N) is 1. The lowest BCUT2D eigenvalue weighted by molar-refractivity contribution is -0.138. The molecule has 6 heteroatoms. The van der Waals surface area contributed by atoms with Crippen LogP contribution in [0.1, 0.15) is 11.3 Å². The quantitative estimate of drug-likeness (QED) is 0.588. The topological polar surface area (TPSA) is 89.1 Å². The molecule has 0 bridgehead atoms. The molecule has 0 saturated heterocycles. The predicted molar refractivity (Wildman–Crippen MR) is 55.9 cm³/mol. The fraction of sp³-hybridized carbons (Fsp3) is 0.300. The first-order valence-electron chi connectivity index (χ1n) is 4.45. The molecule has 1 aromatic rings. The van der Waals surface area contributed by atoms with Crippen LogP contribution in [0.15, 0.2) is 20.3 Å². The van der Waals surface area contributed by atoms with E-state index in [0.717, 1.165) is 6.21 Å². The Morgan fingerprint density at radius 1 is 1.69 bits per heavy atom. The number of ether oxygens (including phenoxy) is 1. The third kappa shape index (κ3) is 2.94. The molecule has 0 aliphatic heterocycles. The number of methoxy groups -OCH3 is 1. The van der Waals surface area contributed by atoms with Gasteiger partial charge in [-0.1, -0.05) is 0 Å². The smallest absolute Gasteiger partial charge is 0.348 e. The largest absolute Gasteiger partial charge is 0.507 e. The van der Waals surface area contributed by atoms with Gasteiger partial charge in [0.1, 0.15) is 23.6 Å². The van der Waals surface area contributed by atoms with E-state index in [1.165, 1.54) is 20.1 Å². The number of hydrogen-bond acceptors (Lipinski definition) is 6. The summed E-state index contributed by atoms with van der Waals surface area (Å²) in [5, 5.41) is 9.43. The SMILES string of the molecule is COC(=O)CN=Cc1c(O)cc(C)oc1=O. The first-order valence-corrected chi connectivity index (χ1v) is 4.45. The van der Waals surface area contributed by atoms with Crippen molar-refractivity contribution in [3.63, 3.8) is 0 Å². The van der Waals surface area contributed by atoms with Crippen LogP contribution < -0.4 is 5.63 Å². The van der Waals surface area contributed by atoms with Crippen LogP contribution in [0.4, 0.5) is 0 Å². The normalized spacial score (nSPS) is 10.6. The number of hydrogen-bond donors (Lipinski definition) is 1. The van der Waals surface area contributed by atoms with Crippen molar-refractivity contribution >= 4 is 12.2 Å². The average molecular weight is 225 g/mol. The molecule has 1 rings (SSSR count). The second kappa shape index (κ2) is 5.11. The van der Waals surface area contributed by atoms with E-state index in [-0.39, 0.29) is 17.9 Å². The fourth-order valence-electron chi connectivity index (χ4n) is 1.00. The Balaban J connectivity index is 2.90. The molecule has 0 aromatic carbocycles. The molecule has 1 aromatic heterocycles. The Bertz CT molecular complexity index is 475.